The first-order chi connectivity index (χ1) is 9.30. The molecule has 0 aliphatic carbocycles. The van der Waals surface area contributed by atoms with Crippen molar-refractivity contribution in [3.8, 4) is 0 Å². The molecular formula is C14H19BClNO3. The van der Waals surface area contributed by atoms with Crippen molar-refractivity contribution in [1.82, 2.24) is 4.98 Å². The summed E-state index contributed by atoms with van der Waals surface area (Å²) >= 11 is 6.22. The van der Waals surface area contributed by atoms with E-state index in [1.807, 2.05) is 39.8 Å². The van der Waals surface area contributed by atoms with E-state index in [-0.39, 0.29) is 17.1 Å². The average molecular weight is 296 g/mol. The lowest BCUT2D eigenvalue weighted by Gasteiger charge is -2.32. The summed E-state index contributed by atoms with van der Waals surface area (Å²) in [7, 11) is -0.447. The Labute approximate surface area is 124 Å². The van der Waals surface area contributed by atoms with Crippen LogP contribution in [0.5, 0.6) is 0 Å². The Morgan fingerprint density at radius 3 is 2.25 bits per heavy atom. The number of halogens is 1. The first kappa shape index (κ1) is 14.3. The van der Waals surface area contributed by atoms with E-state index >= 15 is 0 Å². The van der Waals surface area contributed by atoms with Crippen LogP contribution in [0.15, 0.2) is 12.1 Å². The second kappa shape index (κ2) is 4.70. The van der Waals surface area contributed by atoms with Gasteiger partial charge in [0.05, 0.1) is 40.7 Å². The summed E-state index contributed by atoms with van der Waals surface area (Å²) < 4.78 is 17.2. The van der Waals surface area contributed by atoms with Gasteiger partial charge in [0.1, 0.15) is 0 Å². The Bertz CT molecular complexity index is 515. The van der Waals surface area contributed by atoms with Crippen molar-refractivity contribution < 1.29 is 14.0 Å². The maximum absolute atomic E-state index is 6.22. The minimum atomic E-state index is -0.447. The smallest absolute Gasteiger partial charge is 0.398 e. The predicted octanol–water partition coefficient (Wildman–Crippen LogP) is 2.15. The fourth-order valence-electron chi connectivity index (χ4n) is 2.25. The maximum Gasteiger partial charge on any atom is 0.514 e. The molecule has 1 aromatic rings. The Balaban J connectivity index is 1.88. The van der Waals surface area contributed by atoms with Gasteiger partial charge in [0, 0.05) is 5.92 Å². The van der Waals surface area contributed by atoms with Crippen molar-refractivity contribution in [2.24, 2.45) is 0 Å². The van der Waals surface area contributed by atoms with Crippen LogP contribution in [0.25, 0.3) is 0 Å². The van der Waals surface area contributed by atoms with Crippen molar-refractivity contribution in [3.05, 3.63) is 22.8 Å². The van der Waals surface area contributed by atoms with Crippen molar-refractivity contribution in [3.63, 3.8) is 0 Å². The summed E-state index contributed by atoms with van der Waals surface area (Å²) in [5.74, 6) is 0.282. The minimum absolute atomic E-state index is 0.282. The van der Waals surface area contributed by atoms with Crippen LogP contribution in [0.3, 0.4) is 0 Å². The number of pyridine rings is 1. The summed E-state index contributed by atoms with van der Waals surface area (Å²) in [6, 6.07) is 3.73. The van der Waals surface area contributed by atoms with Gasteiger partial charge in [-0.05, 0) is 39.8 Å². The molecule has 108 valence electrons. The topological polar surface area (TPSA) is 40.6 Å². The second-order valence-corrected chi connectivity index (χ2v) is 6.83. The molecule has 0 saturated carbocycles. The maximum atomic E-state index is 6.22. The third kappa shape index (κ3) is 2.27. The zero-order valence-corrected chi connectivity index (χ0v) is 13.0. The quantitative estimate of drug-likeness (QED) is 0.784. The fraction of sp³-hybridized carbons (Fsp3) is 0.643. The van der Waals surface area contributed by atoms with Crippen LogP contribution in [0.4, 0.5) is 0 Å². The molecule has 0 N–H and O–H groups in total. The normalized spacial score (nSPS) is 24.8. The van der Waals surface area contributed by atoms with Gasteiger partial charge in [0.15, 0.2) is 0 Å². The van der Waals surface area contributed by atoms with Crippen molar-refractivity contribution in [2.45, 2.75) is 44.8 Å². The van der Waals surface area contributed by atoms with Gasteiger partial charge < -0.3 is 14.0 Å². The van der Waals surface area contributed by atoms with Crippen LogP contribution in [0, 0.1) is 0 Å². The van der Waals surface area contributed by atoms with Gasteiger partial charge in [0.25, 0.3) is 0 Å². The summed E-state index contributed by atoms with van der Waals surface area (Å²) in [4.78, 5) is 4.65. The second-order valence-electron chi connectivity index (χ2n) is 6.43. The van der Waals surface area contributed by atoms with Gasteiger partial charge in [-0.25, -0.2) is 0 Å². The molecule has 20 heavy (non-hydrogen) atoms. The Morgan fingerprint density at radius 1 is 1.15 bits per heavy atom. The molecule has 2 aliphatic rings. The molecule has 0 amide bonds. The van der Waals surface area contributed by atoms with Crippen LogP contribution in [0.1, 0.15) is 39.3 Å². The fourth-order valence-corrected chi connectivity index (χ4v) is 2.51. The standard InChI is InChI=1S/C14H19BClNO3/c1-13(2)14(3,4)20-15(19-13)11-6-5-10(16)12(17-11)9-7-18-8-9/h5-6,9H,7-8H2,1-4H3. The highest BCUT2D eigenvalue weighted by atomic mass is 35.5. The van der Waals surface area contributed by atoms with Gasteiger partial charge in [-0.15, -0.1) is 0 Å². The third-order valence-corrected chi connectivity index (χ3v) is 4.73. The molecule has 0 bridgehead atoms. The van der Waals surface area contributed by atoms with E-state index in [4.69, 9.17) is 25.6 Å². The monoisotopic (exact) mass is 295 g/mol. The molecule has 3 rings (SSSR count). The molecule has 3 heterocycles. The number of ether oxygens (including phenoxy) is 1. The molecule has 6 heteroatoms. The molecule has 2 fully saturated rings. The number of nitrogens with zero attached hydrogens (tertiary/aromatic N) is 1. The molecule has 0 unspecified atom stereocenters. The van der Waals surface area contributed by atoms with E-state index in [1.165, 1.54) is 0 Å². The van der Waals surface area contributed by atoms with Crippen LogP contribution >= 0.6 is 11.6 Å². The Hall–Kier alpha value is -0.615. The Morgan fingerprint density at radius 2 is 1.75 bits per heavy atom. The van der Waals surface area contributed by atoms with E-state index in [0.717, 1.165) is 11.3 Å². The average Bonchev–Trinajstić information content (AvgIpc) is 2.49. The molecule has 0 radical (unpaired) electrons. The van der Waals surface area contributed by atoms with Crippen molar-refractivity contribution >= 4 is 24.3 Å². The first-order valence-corrected chi connectivity index (χ1v) is 7.28. The van der Waals surface area contributed by atoms with E-state index in [9.17, 15) is 0 Å². The van der Waals surface area contributed by atoms with Gasteiger partial charge in [-0.1, -0.05) is 11.6 Å². The summed E-state index contributed by atoms with van der Waals surface area (Å²) in [6.07, 6.45) is 0. The predicted molar refractivity (Wildman–Crippen MR) is 78.5 cm³/mol. The highest BCUT2D eigenvalue weighted by Crippen LogP contribution is 2.36. The third-order valence-electron chi connectivity index (χ3n) is 4.41. The lowest BCUT2D eigenvalue weighted by molar-refractivity contribution is 0.00578. The molecule has 0 aromatic carbocycles. The highest BCUT2D eigenvalue weighted by Gasteiger charge is 2.52. The summed E-state index contributed by atoms with van der Waals surface area (Å²) in [5, 5.41) is 0.679. The number of hydrogen-bond donors (Lipinski definition) is 0. The molecule has 4 nitrogen and oxygen atoms in total. The molecule has 0 atom stereocenters. The molecule has 0 spiro atoms. The SMILES string of the molecule is CC1(C)OB(c2ccc(Cl)c(C3COC3)n2)OC1(C)C. The molecule has 2 saturated heterocycles. The molecule has 1 aromatic heterocycles. The van der Waals surface area contributed by atoms with Gasteiger partial charge >= 0.3 is 7.12 Å². The largest absolute Gasteiger partial charge is 0.514 e. The van der Waals surface area contributed by atoms with Crippen molar-refractivity contribution in [2.75, 3.05) is 13.2 Å². The number of hydrogen-bond acceptors (Lipinski definition) is 4. The highest BCUT2D eigenvalue weighted by molar-refractivity contribution is 6.61. The van der Waals surface area contributed by atoms with E-state index < -0.39 is 7.12 Å². The van der Waals surface area contributed by atoms with Crippen LogP contribution in [-0.2, 0) is 14.0 Å². The van der Waals surface area contributed by atoms with Gasteiger partial charge in [-0.3, -0.25) is 4.98 Å². The first-order valence-electron chi connectivity index (χ1n) is 6.90. The Kier molecular flexibility index (Phi) is 3.37. The van der Waals surface area contributed by atoms with Gasteiger partial charge in [0.2, 0.25) is 0 Å². The zero-order chi connectivity index (χ0) is 14.5. The number of aromatic nitrogens is 1. The lowest BCUT2D eigenvalue weighted by atomic mass is 9.83. The summed E-state index contributed by atoms with van der Waals surface area (Å²) in [5.41, 5.74) is 0.928. The minimum Gasteiger partial charge on any atom is -0.398 e. The van der Waals surface area contributed by atoms with E-state index in [0.29, 0.717) is 18.2 Å². The zero-order valence-electron chi connectivity index (χ0n) is 12.3. The van der Waals surface area contributed by atoms with Crippen LogP contribution in [-0.4, -0.2) is 36.5 Å². The van der Waals surface area contributed by atoms with Gasteiger partial charge in [-0.2, -0.15) is 0 Å². The lowest BCUT2D eigenvalue weighted by Crippen LogP contribution is -2.41. The van der Waals surface area contributed by atoms with Crippen LogP contribution in [0.2, 0.25) is 5.02 Å². The van der Waals surface area contributed by atoms with Crippen molar-refractivity contribution in [1.29, 1.82) is 0 Å². The van der Waals surface area contributed by atoms with E-state index in [1.54, 1.807) is 0 Å². The summed E-state index contributed by atoms with van der Waals surface area (Å²) in [6.45, 7) is 9.49. The molecular weight excluding hydrogens is 276 g/mol. The van der Waals surface area contributed by atoms with E-state index in [2.05, 4.69) is 4.98 Å². The van der Waals surface area contributed by atoms with Crippen LogP contribution < -0.4 is 5.59 Å². The number of rotatable bonds is 2. The molecule has 2 aliphatic heterocycles.